The molecule has 0 aliphatic heterocycles. The number of ether oxygens (including phenoxy) is 1. The molecule has 0 saturated heterocycles. The highest BCUT2D eigenvalue weighted by molar-refractivity contribution is 7.71. The van der Waals surface area contributed by atoms with Crippen molar-refractivity contribution >= 4 is 23.8 Å². The number of aromatic nitrogens is 2. The summed E-state index contributed by atoms with van der Waals surface area (Å²) >= 11 is 11.3. The van der Waals surface area contributed by atoms with Crippen LogP contribution in [-0.2, 0) is 13.2 Å². The summed E-state index contributed by atoms with van der Waals surface area (Å²) in [5.74, 6) is 1.68. The first-order valence-electron chi connectivity index (χ1n) is 7.19. The van der Waals surface area contributed by atoms with E-state index in [1.54, 1.807) is 36.3 Å². The van der Waals surface area contributed by atoms with Crippen molar-refractivity contribution in [2.45, 2.75) is 13.2 Å². The number of furan rings is 1. The second kappa shape index (κ2) is 7.21. The van der Waals surface area contributed by atoms with Gasteiger partial charge in [0.25, 0.3) is 10.7 Å². The summed E-state index contributed by atoms with van der Waals surface area (Å²) in [5, 5.41) is 5.01. The zero-order chi connectivity index (χ0) is 17.1. The van der Waals surface area contributed by atoms with E-state index in [0.29, 0.717) is 29.9 Å². The van der Waals surface area contributed by atoms with Gasteiger partial charge in [-0.15, -0.1) is 5.10 Å². The summed E-state index contributed by atoms with van der Waals surface area (Å²) < 4.78 is 17.7. The van der Waals surface area contributed by atoms with Crippen molar-refractivity contribution in [3.8, 4) is 17.4 Å². The SMILES string of the molecule is COc1ccc(Cl)cc1CN(C)Cn1nc(-c2ccco2)oc1=S. The minimum Gasteiger partial charge on any atom is -0.496 e. The molecule has 0 aliphatic rings. The van der Waals surface area contributed by atoms with Gasteiger partial charge in [-0.2, -0.15) is 0 Å². The molecule has 6 nitrogen and oxygen atoms in total. The van der Waals surface area contributed by atoms with Crippen LogP contribution in [0.15, 0.2) is 45.4 Å². The number of benzene rings is 1. The Morgan fingerprint density at radius 1 is 1.38 bits per heavy atom. The first kappa shape index (κ1) is 16.8. The maximum Gasteiger partial charge on any atom is 0.288 e. The van der Waals surface area contributed by atoms with Crippen LogP contribution in [0.25, 0.3) is 11.7 Å². The monoisotopic (exact) mass is 365 g/mol. The fraction of sp³-hybridized carbons (Fsp3) is 0.250. The van der Waals surface area contributed by atoms with Crippen LogP contribution in [0.2, 0.25) is 5.02 Å². The van der Waals surface area contributed by atoms with Crippen molar-refractivity contribution in [3.63, 3.8) is 0 Å². The third-order valence-electron chi connectivity index (χ3n) is 3.40. The zero-order valence-corrected chi connectivity index (χ0v) is 14.8. The molecule has 3 rings (SSSR count). The fourth-order valence-corrected chi connectivity index (χ4v) is 2.71. The number of nitrogens with zero attached hydrogens (tertiary/aromatic N) is 3. The largest absolute Gasteiger partial charge is 0.496 e. The highest BCUT2D eigenvalue weighted by Gasteiger charge is 2.13. The summed E-state index contributed by atoms with van der Waals surface area (Å²) in [7, 11) is 3.58. The molecular formula is C16H16ClN3O3S. The average Bonchev–Trinajstić information content (AvgIpc) is 3.18. The number of rotatable bonds is 6. The van der Waals surface area contributed by atoms with Gasteiger partial charge in [0.05, 0.1) is 20.0 Å². The lowest BCUT2D eigenvalue weighted by Crippen LogP contribution is -2.22. The third kappa shape index (κ3) is 3.69. The smallest absolute Gasteiger partial charge is 0.288 e. The van der Waals surface area contributed by atoms with Crippen molar-refractivity contribution in [3.05, 3.63) is 52.0 Å². The van der Waals surface area contributed by atoms with Crippen molar-refractivity contribution in [2.24, 2.45) is 0 Å². The molecule has 2 aromatic heterocycles. The molecule has 0 radical (unpaired) electrons. The molecule has 2 heterocycles. The third-order valence-corrected chi connectivity index (χ3v) is 3.93. The second-order valence-electron chi connectivity index (χ2n) is 5.26. The molecule has 0 N–H and O–H groups in total. The molecule has 0 fully saturated rings. The van der Waals surface area contributed by atoms with E-state index in [1.165, 1.54) is 0 Å². The molecule has 0 aliphatic carbocycles. The topological polar surface area (TPSA) is 56.6 Å². The van der Waals surface area contributed by atoms with Crippen molar-refractivity contribution in [2.75, 3.05) is 14.2 Å². The van der Waals surface area contributed by atoms with Crippen LogP contribution in [0.3, 0.4) is 0 Å². The van der Waals surface area contributed by atoms with E-state index in [-0.39, 0.29) is 4.84 Å². The van der Waals surface area contributed by atoms with Crippen molar-refractivity contribution < 1.29 is 13.6 Å². The minimum absolute atomic E-state index is 0.284. The Labute approximate surface area is 149 Å². The van der Waals surface area contributed by atoms with Crippen LogP contribution < -0.4 is 4.74 Å². The van der Waals surface area contributed by atoms with E-state index >= 15 is 0 Å². The molecule has 24 heavy (non-hydrogen) atoms. The maximum atomic E-state index is 6.07. The molecule has 0 amide bonds. The number of hydrogen-bond donors (Lipinski definition) is 0. The van der Waals surface area contributed by atoms with Gasteiger partial charge in [-0.1, -0.05) is 11.6 Å². The summed E-state index contributed by atoms with van der Waals surface area (Å²) in [6.45, 7) is 1.08. The molecule has 3 aromatic rings. The van der Waals surface area contributed by atoms with Crippen LogP contribution in [-0.4, -0.2) is 28.8 Å². The molecule has 1 aromatic carbocycles. The summed E-state index contributed by atoms with van der Waals surface area (Å²) in [5.41, 5.74) is 0.980. The summed E-state index contributed by atoms with van der Waals surface area (Å²) in [6, 6.07) is 9.07. The maximum absolute atomic E-state index is 6.07. The van der Waals surface area contributed by atoms with Gasteiger partial charge in [0, 0.05) is 17.1 Å². The lowest BCUT2D eigenvalue weighted by molar-refractivity contribution is 0.237. The lowest BCUT2D eigenvalue weighted by Gasteiger charge is -2.18. The van der Waals surface area contributed by atoms with Gasteiger partial charge in [-0.05, 0) is 49.6 Å². The highest BCUT2D eigenvalue weighted by atomic mass is 35.5. The van der Waals surface area contributed by atoms with Gasteiger partial charge >= 0.3 is 0 Å². The van der Waals surface area contributed by atoms with Gasteiger partial charge < -0.3 is 13.6 Å². The summed E-state index contributed by atoms with van der Waals surface area (Å²) in [6.07, 6.45) is 1.56. The van der Waals surface area contributed by atoms with Gasteiger partial charge in [0.2, 0.25) is 0 Å². The summed E-state index contributed by atoms with van der Waals surface area (Å²) in [4.78, 5) is 2.31. The minimum atomic E-state index is 0.284. The Hall–Kier alpha value is -2.09. The van der Waals surface area contributed by atoms with Crippen LogP contribution in [0.5, 0.6) is 5.75 Å². The van der Waals surface area contributed by atoms with Gasteiger partial charge in [-0.3, -0.25) is 4.90 Å². The van der Waals surface area contributed by atoms with Crippen LogP contribution in [0, 0.1) is 4.84 Å². The van der Waals surface area contributed by atoms with E-state index in [9.17, 15) is 0 Å². The van der Waals surface area contributed by atoms with E-state index in [2.05, 4.69) is 5.10 Å². The molecule has 126 valence electrons. The average molecular weight is 366 g/mol. The quantitative estimate of drug-likeness (QED) is 0.610. The van der Waals surface area contributed by atoms with E-state index in [1.807, 2.05) is 24.1 Å². The molecule has 8 heteroatoms. The van der Waals surface area contributed by atoms with Gasteiger partial charge in [-0.25, -0.2) is 4.68 Å². The van der Waals surface area contributed by atoms with Gasteiger partial charge in [0.15, 0.2) is 5.76 Å². The van der Waals surface area contributed by atoms with Crippen LogP contribution in [0.1, 0.15) is 5.56 Å². The number of hydrogen-bond acceptors (Lipinski definition) is 6. The Balaban J connectivity index is 1.75. The molecule has 0 spiro atoms. The lowest BCUT2D eigenvalue weighted by atomic mass is 10.2. The molecule has 0 unspecified atom stereocenters. The first-order valence-corrected chi connectivity index (χ1v) is 7.98. The molecular weight excluding hydrogens is 350 g/mol. The Morgan fingerprint density at radius 3 is 2.92 bits per heavy atom. The van der Waals surface area contributed by atoms with Crippen LogP contribution >= 0.6 is 23.8 Å². The highest BCUT2D eigenvalue weighted by Crippen LogP contribution is 2.24. The Kier molecular flexibility index (Phi) is 5.03. The van der Waals surface area contributed by atoms with Crippen molar-refractivity contribution in [1.29, 1.82) is 0 Å². The van der Waals surface area contributed by atoms with Crippen LogP contribution in [0.4, 0.5) is 0 Å². The first-order chi connectivity index (χ1) is 11.6. The molecule has 0 atom stereocenters. The normalized spacial score (nSPS) is 11.2. The second-order valence-corrected chi connectivity index (χ2v) is 6.05. The predicted octanol–water partition coefficient (Wildman–Crippen LogP) is 4.22. The predicted molar refractivity (Wildman–Crippen MR) is 92.5 cm³/mol. The standard InChI is InChI=1S/C16H16ClN3O3S/c1-19(9-11-8-12(17)5-6-13(11)21-2)10-20-16(24)23-15(18-20)14-4-3-7-22-14/h3-8H,9-10H2,1-2H3. The van der Waals surface area contributed by atoms with Gasteiger partial charge in [0.1, 0.15) is 5.75 Å². The molecule has 0 bridgehead atoms. The van der Waals surface area contributed by atoms with E-state index < -0.39 is 0 Å². The number of methoxy groups -OCH3 is 1. The molecule has 0 saturated carbocycles. The Morgan fingerprint density at radius 2 is 2.21 bits per heavy atom. The Bertz CT molecular complexity index is 873. The van der Waals surface area contributed by atoms with Crippen molar-refractivity contribution in [1.82, 2.24) is 14.7 Å². The number of halogens is 1. The zero-order valence-electron chi connectivity index (χ0n) is 13.2. The van der Waals surface area contributed by atoms with E-state index in [4.69, 9.17) is 37.4 Å². The fourth-order valence-electron chi connectivity index (χ4n) is 2.34. The van der Waals surface area contributed by atoms with E-state index in [0.717, 1.165) is 11.3 Å².